The molecule has 0 unspecified atom stereocenters. The summed E-state index contributed by atoms with van der Waals surface area (Å²) < 4.78 is 18.3. The maximum absolute atomic E-state index is 13.0. The van der Waals surface area contributed by atoms with Gasteiger partial charge in [0.1, 0.15) is 11.6 Å². The first-order chi connectivity index (χ1) is 14.5. The molecule has 0 bridgehead atoms. The van der Waals surface area contributed by atoms with E-state index in [1.54, 1.807) is 46.2 Å². The van der Waals surface area contributed by atoms with Gasteiger partial charge in [-0.1, -0.05) is 30.3 Å². The molecule has 0 spiro atoms. The summed E-state index contributed by atoms with van der Waals surface area (Å²) in [5.74, 6) is -0.383. The number of carbonyl (C=O) groups excluding carboxylic acids is 3. The smallest absolute Gasteiger partial charge is 0.258 e. The van der Waals surface area contributed by atoms with Gasteiger partial charge in [-0.15, -0.1) is 0 Å². The van der Waals surface area contributed by atoms with Crippen LogP contribution in [-0.2, 0) is 20.8 Å². The van der Waals surface area contributed by atoms with Gasteiger partial charge < -0.3 is 19.9 Å². The SMILES string of the molecule is O=C(COc1ccccc1)NCC(=O)N1CCN(C(=O)Cc2ccc(F)cc2)CC1. The van der Waals surface area contributed by atoms with E-state index in [2.05, 4.69) is 5.32 Å². The molecule has 3 amide bonds. The highest BCUT2D eigenvalue weighted by atomic mass is 19.1. The lowest BCUT2D eigenvalue weighted by Crippen LogP contribution is -2.53. The zero-order chi connectivity index (χ0) is 21.3. The Labute approximate surface area is 174 Å². The number of para-hydroxylation sites is 1. The Morgan fingerprint density at radius 1 is 0.867 bits per heavy atom. The number of nitrogens with zero attached hydrogens (tertiary/aromatic N) is 2. The van der Waals surface area contributed by atoms with Gasteiger partial charge in [-0.25, -0.2) is 4.39 Å². The summed E-state index contributed by atoms with van der Waals surface area (Å²) in [7, 11) is 0. The standard InChI is InChI=1S/C22H24FN3O4/c23-18-8-6-17(7-9-18)14-21(28)25-10-12-26(13-11-25)22(29)15-24-20(27)16-30-19-4-2-1-3-5-19/h1-9H,10-16H2,(H,24,27). The highest BCUT2D eigenvalue weighted by Crippen LogP contribution is 2.09. The van der Waals surface area contributed by atoms with Gasteiger partial charge in [0.05, 0.1) is 13.0 Å². The molecule has 7 nitrogen and oxygen atoms in total. The van der Waals surface area contributed by atoms with Gasteiger partial charge >= 0.3 is 0 Å². The van der Waals surface area contributed by atoms with Crippen LogP contribution in [0.25, 0.3) is 0 Å². The molecule has 8 heteroatoms. The monoisotopic (exact) mass is 413 g/mol. The fourth-order valence-electron chi connectivity index (χ4n) is 3.10. The molecule has 0 atom stereocenters. The summed E-state index contributed by atoms with van der Waals surface area (Å²) in [6.45, 7) is 1.39. The van der Waals surface area contributed by atoms with Crippen LogP contribution in [0.2, 0.25) is 0 Å². The first kappa shape index (κ1) is 21.3. The Hall–Kier alpha value is -3.42. The Kier molecular flexibility index (Phi) is 7.37. The summed E-state index contributed by atoms with van der Waals surface area (Å²) in [5, 5.41) is 2.55. The molecule has 3 rings (SSSR count). The van der Waals surface area contributed by atoms with E-state index in [4.69, 9.17) is 4.74 Å². The van der Waals surface area contributed by atoms with E-state index in [1.807, 2.05) is 6.07 Å². The molecule has 0 radical (unpaired) electrons. The quantitative estimate of drug-likeness (QED) is 0.741. The van der Waals surface area contributed by atoms with Crippen LogP contribution in [0.3, 0.4) is 0 Å². The van der Waals surface area contributed by atoms with Gasteiger partial charge in [0.15, 0.2) is 6.61 Å². The summed E-state index contributed by atoms with van der Waals surface area (Å²) in [5.41, 5.74) is 0.750. The molecule has 1 N–H and O–H groups in total. The van der Waals surface area contributed by atoms with Crippen LogP contribution in [0.15, 0.2) is 54.6 Å². The van der Waals surface area contributed by atoms with Crippen molar-refractivity contribution in [2.45, 2.75) is 6.42 Å². The van der Waals surface area contributed by atoms with Crippen LogP contribution in [0.1, 0.15) is 5.56 Å². The fraction of sp³-hybridized carbons (Fsp3) is 0.318. The van der Waals surface area contributed by atoms with Crippen LogP contribution in [0.4, 0.5) is 4.39 Å². The fourth-order valence-corrected chi connectivity index (χ4v) is 3.10. The summed E-state index contributed by atoms with van der Waals surface area (Å²) >= 11 is 0. The average molecular weight is 413 g/mol. The Balaban J connectivity index is 1.35. The second kappa shape index (κ2) is 10.4. The maximum Gasteiger partial charge on any atom is 0.258 e. The number of halogens is 1. The van der Waals surface area contributed by atoms with Crippen LogP contribution < -0.4 is 10.1 Å². The second-order valence-corrected chi connectivity index (χ2v) is 6.94. The van der Waals surface area contributed by atoms with E-state index in [1.165, 1.54) is 12.1 Å². The summed E-state index contributed by atoms with van der Waals surface area (Å²) in [4.78, 5) is 39.9. The van der Waals surface area contributed by atoms with Gasteiger partial charge in [0, 0.05) is 26.2 Å². The Bertz CT molecular complexity index is 866. The predicted molar refractivity (Wildman–Crippen MR) is 108 cm³/mol. The van der Waals surface area contributed by atoms with Crippen molar-refractivity contribution in [2.24, 2.45) is 0 Å². The molecule has 0 saturated carbocycles. The van der Waals surface area contributed by atoms with E-state index < -0.39 is 0 Å². The summed E-state index contributed by atoms with van der Waals surface area (Å²) in [6, 6.07) is 14.8. The molecule has 158 valence electrons. The van der Waals surface area contributed by atoms with Crippen LogP contribution >= 0.6 is 0 Å². The molecule has 30 heavy (non-hydrogen) atoms. The zero-order valence-corrected chi connectivity index (χ0v) is 16.6. The number of hydrogen-bond acceptors (Lipinski definition) is 4. The van der Waals surface area contributed by atoms with E-state index in [0.29, 0.717) is 31.9 Å². The molecule has 2 aromatic rings. The molecule has 1 aliphatic rings. The van der Waals surface area contributed by atoms with E-state index in [0.717, 1.165) is 5.56 Å². The minimum Gasteiger partial charge on any atom is -0.484 e. The third kappa shape index (κ3) is 6.30. The maximum atomic E-state index is 13.0. The van der Waals surface area contributed by atoms with E-state index in [-0.39, 0.29) is 43.1 Å². The van der Waals surface area contributed by atoms with Gasteiger partial charge in [-0.3, -0.25) is 14.4 Å². The van der Waals surface area contributed by atoms with Crippen molar-refractivity contribution in [3.8, 4) is 5.75 Å². The predicted octanol–water partition coefficient (Wildman–Crippen LogP) is 1.23. The first-order valence-electron chi connectivity index (χ1n) is 9.76. The van der Waals surface area contributed by atoms with Crippen LogP contribution in [0, 0.1) is 5.82 Å². The largest absolute Gasteiger partial charge is 0.484 e. The topological polar surface area (TPSA) is 79.0 Å². The molecular weight excluding hydrogens is 389 g/mol. The van der Waals surface area contributed by atoms with Crippen molar-refractivity contribution >= 4 is 17.7 Å². The van der Waals surface area contributed by atoms with Gasteiger partial charge in [0.25, 0.3) is 5.91 Å². The number of rotatable bonds is 7. The van der Waals surface area contributed by atoms with Crippen molar-refractivity contribution in [3.05, 3.63) is 66.0 Å². The number of amides is 3. The number of nitrogens with one attached hydrogen (secondary N) is 1. The molecule has 1 saturated heterocycles. The lowest BCUT2D eigenvalue weighted by molar-refractivity contribution is -0.139. The van der Waals surface area contributed by atoms with Crippen molar-refractivity contribution < 1.29 is 23.5 Å². The lowest BCUT2D eigenvalue weighted by atomic mass is 10.1. The molecule has 2 aromatic carbocycles. The minimum atomic E-state index is -0.375. The molecule has 1 aliphatic heterocycles. The Morgan fingerprint density at radius 2 is 1.47 bits per heavy atom. The number of piperazine rings is 1. The average Bonchev–Trinajstić information content (AvgIpc) is 2.78. The second-order valence-electron chi connectivity index (χ2n) is 6.94. The molecule has 0 aliphatic carbocycles. The zero-order valence-electron chi connectivity index (χ0n) is 16.6. The number of benzene rings is 2. The van der Waals surface area contributed by atoms with Crippen molar-refractivity contribution in [1.29, 1.82) is 0 Å². The van der Waals surface area contributed by atoms with Gasteiger partial charge in [0.2, 0.25) is 11.8 Å². The van der Waals surface area contributed by atoms with Gasteiger partial charge in [-0.05, 0) is 29.8 Å². The molecule has 0 aromatic heterocycles. The summed E-state index contributed by atoms with van der Waals surface area (Å²) in [6.07, 6.45) is 0.200. The molecule has 1 heterocycles. The van der Waals surface area contributed by atoms with Crippen molar-refractivity contribution in [2.75, 3.05) is 39.3 Å². The first-order valence-corrected chi connectivity index (χ1v) is 9.76. The number of ether oxygens (including phenoxy) is 1. The number of hydrogen-bond donors (Lipinski definition) is 1. The molecule has 1 fully saturated rings. The third-order valence-electron chi connectivity index (χ3n) is 4.80. The van der Waals surface area contributed by atoms with E-state index >= 15 is 0 Å². The normalized spacial score (nSPS) is 13.6. The third-order valence-corrected chi connectivity index (χ3v) is 4.80. The van der Waals surface area contributed by atoms with Crippen LogP contribution in [-0.4, -0.2) is 66.9 Å². The van der Waals surface area contributed by atoms with E-state index in [9.17, 15) is 18.8 Å². The Morgan fingerprint density at radius 3 is 2.10 bits per heavy atom. The molecular formula is C22H24FN3O4. The minimum absolute atomic E-state index is 0.0555. The highest BCUT2D eigenvalue weighted by Gasteiger charge is 2.24. The van der Waals surface area contributed by atoms with Crippen molar-refractivity contribution in [3.63, 3.8) is 0 Å². The number of carbonyl (C=O) groups is 3. The van der Waals surface area contributed by atoms with Crippen LogP contribution in [0.5, 0.6) is 5.75 Å². The van der Waals surface area contributed by atoms with Gasteiger partial charge in [-0.2, -0.15) is 0 Å². The lowest BCUT2D eigenvalue weighted by Gasteiger charge is -2.35. The van der Waals surface area contributed by atoms with Crippen molar-refractivity contribution in [1.82, 2.24) is 15.1 Å². The highest BCUT2D eigenvalue weighted by molar-refractivity contribution is 5.85.